The van der Waals surface area contributed by atoms with Gasteiger partial charge in [0.2, 0.25) is 0 Å². The minimum absolute atomic E-state index is 0.00891. The van der Waals surface area contributed by atoms with Crippen LogP contribution in [0, 0.1) is 0 Å². The van der Waals surface area contributed by atoms with E-state index < -0.39 is 0 Å². The Morgan fingerprint density at radius 1 is 1.29 bits per heavy atom. The van der Waals surface area contributed by atoms with E-state index in [0.29, 0.717) is 0 Å². The summed E-state index contributed by atoms with van der Waals surface area (Å²) in [6.45, 7) is 0.812. The minimum Gasteiger partial charge on any atom is -0.392 e. The molecule has 0 bridgehead atoms. The van der Waals surface area contributed by atoms with Gasteiger partial charge in [-0.15, -0.1) is 11.3 Å². The van der Waals surface area contributed by atoms with Crippen LogP contribution in [-0.2, 0) is 13.2 Å². The van der Waals surface area contributed by atoms with Crippen molar-refractivity contribution in [3.8, 4) is 0 Å². The van der Waals surface area contributed by atoms with Gasteiger partial charge in [-0.3, -0.25) is 0 Å². The Bertz CT molecular complexity index is 772. The standard InChI is InChI=1S/C16H15BrN2OS/c1-19(8-11-6-15(17)21-10-11)16-14-5-3-2-4-13(14)12(9-20)7-18-16/h2-7,10,20H,8-9H2,1H3. The first-order valence-electron chi connectivity index (χ1n) is 6.60. The number of rotatable bonds is 4. The number of nitrogens with zero attached hydrogens (tertiary/aromatic N) is 2. The lowest BCUT2D eigenvalue weighted by molar-refractivity contribution is 0.283. The number of pyridine rings is 1. The zero-order chi connectivity index (χ0) is 14.8. The fourth-order valence-electron chi connectivity index (χ4n) is 2.44. The number of aliphatic hydroxyl groups excluding tert-OH is 1. The van der Waals surface area contributed by atoms with Gasteiger partial charge in [0.1, 0.15) is 5.82 Å². The monoisotopic (exact) mass is 362 g/mol. The molecule has 108 valence electrons. The second-order valence-corrected chi connectivity index (χ2v) is 7.22. The molecule has 0 unspecified atom stereocenters. The van der Waals surface area contributed by atoms with Gasteiger partial charge in [-0.05, 0) is 38.3 Å². The first kappa shape index (κ1) is 14.5. The third-order valence-electron chi connectivity index (χ3n) is 3.43. The lowest BCUT2D eigenvalue weighted by atomic mass is 10.1. The number of hydrogen-bond donors (Lipinski definition) is 1. The molecule has 0 saturated carbocycles. The molecule has 1 N–H and O–H groups in total. The fraction of sp³-hybridized carbons (Fsp3) is 0.188. The molecule has 0 atom stereocenters. The van der Waals surface area contributed by atoms with Crippen LogP contribution in [0.4, 0.5) is 5.82 Å². The Labute approximate surface area is 136 Å². The Morgan fingerprint density at radius 3 is 2.71 bits per heavy atom. The number of halogens is 1. The molecule has 0 amide bonds. The van der Waals surface area contributed by atoms with Crippen molar-refractivity contribution < 1.29 is 5.11 Å². The maximum Gasteiger partial charge on any atom is 0.136 e. The molecule has 0 aliphatic carbocycles. The highest BCUT2D eigenvalue weighted by Crippen LogP contribution is 2.28. The van der Waals surface area contributed by atoms with E-state index in [9.17, 15) is 5.11 Å². The molecule has 3 nitrogen and oxygen atoms in total. The van der Waals surface area contributed by atoms with E-state index in [0.717, 1.165) is 32.5 Å². The number of fused-ring (bicyclic) bond motifs is 1. The minimum atomic E-state index is 0.00891. The number of benzene rings is 1. The zero-order valence-electron chi connectivity index (χ0n) is 11.6. The van der Waals surface area contributed by atoms with Crippen LogP contribution in [0.25, 0.3) is 10.8 Å². The third kappa shape index (κ3) is 2.95. The van der Waals surface area contributed by atoms with Crippen LogP contribution >= 0.6 is 27.3 Å². The molecule has 21 heavy (non-hydrogen) atoms. The third-order valence-corrected chi connectivity index (χ3v) is 4.98. The van der Waals surface area contributed by atoms with Crippen LogP contribution in [-0.4, -0.2) is 17.1 Å². The molecule has 3 aromatic rings. The van der Waals surface area contributed by atoms with Crippen molar-refractivity contribution in [1.29, 1.82) is 0 Å². The second kappa shape index (κ2) is 6.13. The van der Waals surface area contributed by atoms with E-state index >= 15 is 0 Å². The maximum atomic E-state index is 9.45. The molecule has 0 spiro atoms. The first-order chi connectivity index (χ1) is 10.2. The average Bonchev–Trinajstić information content (AvgIpc) is 2.91. The molecular weight excluding hydrogens is 348 g/mol. The highest BCUT2D eigenvalue weighted by molar-refractivity contribution is 9.11. The lowest BCUT2D eigenvalue weighted by Crippen LogP contribution is -2.17. The van der Waals surface area contributed by atoms with E-state index in [-0.39, 0.29) is 6.61 Å². The van der Waals surface area contributed by atoms with E-state index in [2.05, 4.69) is 43.3 Å². The van der Waals surface area contributed by atoms with E-state index in [1.807, 2.05) is 25.2 Å². The van der Waals surface area contributed by atoms with Crippen LogP contribution in [0.1, 0.15) is 11.1 Å². The number of aliphatic hydroxyl groups is 1. The normalized spacial score (nSPS) is 11.0. The van der Waals surface area contributed by atoms with Gasteiger partial charge >= 0.3 is 0 Å². The predicted octanol–water partition coefficient (Wildman–Crippen LogP) is 4.19. The highest BCUT2D eigenvalue weighted by atomic mass is 79.9. The van der Waals surface area contributed by atoms with Gasteiger partial charge in [-0.1, -0.05) is 24.3 Å². The Morgan fingerprint density at radius 2 is 2.05 bits per heavy atom. The van der Waals surface area contributed by atoms with Gasteiger partial charge in [0, 0.05) is 30.7 Å². The van der Waals surface area contributed by atoms with Crippen LogP contribution in [0.2, 0.25) is 0 Å². The fourth-order valence-corrected chi connectivity index (χ4v) is 3.64. The van der Waals surface area contributed by atoms with Crippen molar-refractivity contribution in [1.82, 2.24) is 4.98 Å². The van der Waals surface area contributed by atoms with Gasteiger partial charge < -0.3 is 10.0 Å². The molecule has 0 radical (unpaired) electrons. The molecule has 0 aliphatic heterocycles. The van der Waals surface area contributed by atoms with Gasteiger partial charge in [0.05, 0.1) is 10.4 Å². The maximum absolute atomic E-state index is 9.45. The average molecular weight is 363 g/mol. The van der Waals surface area contributed by atoms with Crippen LogP contribution < -0.4 is 4.90 Å². The highest BCUT2D eigenvalue weighted by Gasteiger charge is 2.11. The van der Waals surface area contributed by atoms with Crippen molar-refractivity contribution >= 4 is 43.9 Å². The molecule has 3 rings (SSSR count). The summed E-state index contributed by atoms with van der Waals surface area (Å²) in [6, 6.07) is 10.2. The van der Waals surface area contributed by atoms with Gasteiger partial charge in [-0.2, -0.15) is 0 Å². The lowest BCUT2D eigenvalue weighted by Gasteiger charge is -2.20. The summed E-state index contributed by atoms with van der Waals surface area (Å²) in [5.74, 6) is 0.935. The van der Waals surface area contributed by atoms with Gasteiger partial charge in [0.15, 0.2) is 0 Å². The summed E-state index contributed by atoms with van der Waals surface area (Å²) in [7, 11) is 2.04. The molecule has 5 heteroatoms. The SMILES string of the molecule is CN(Cc1csc(Br)c1)c1ncc(CO)c2ccccc12. The molecule has 1 aromatic carbocycles. The quantitative estimate of drug-likeness (QED) is 0.755. The number of thiophene rings is 1. The van der Waals surface area contributed by atoms with Gasteiger partial charge in [-0.25, -0.2) is 4.98 Å². The smallest absolute Gasteiger partial charge is 0.136 e. The second-order valence-electron chi connectivity index (χ2n) is 4.93. The van der Waals surface area contributed by atoms with Crippen molar-refractivity contribution in [3.63, 3.8) is 0 Å². The summed E-state index contributed by atoms with van der Waals surface area (Å²) in [6.07, 6.45) is 1.76. The summed E-state index contributed by atoms with van der Waals surface area (Å²) < 4.78 is 1.14. The zero-order valence-corrected chi connectivity index (χ0v) is 14.0. The Hall–Kier alpha value is -1.43. The summed E-state index contributed by atoms with van der Waals surface area (Å²) in [4.78, 5) is 6.68. The number of aromatic nitrogens is 1. The molecular formula is C16H15BrN2OS. The van der Waals surface area contributed by atoms with Crippen molar-refractivity contribution in [2.75, 3.05) is 11.9 Å². The van der Waals surface area contributed by atoms with Crippen LogP contribution in [0.5, 0.6) is 0 Å². The summed E-state index contributed by atoms with van der Waals surface area (Å²) in [5, 5.41) is 13.7. The first-order valence-corrected chi connectivity index (χ1v) is 8.28. The van der Waals surface area contributed by atoms with Crippen molar-refractivity contribution in [2.45, 2.75) is 13.2 Å². The molecule has 2 heterocycles. The van der Waals surface area contributed by atoms with Crippen LogP contribution in [0.3, 0.4) is 0 Å². The topological polar surface area (TPSA) is 36.4 Å². The van der Waals surface area contributed by atoms with Crippen LogP contribution in [0.15, 0.2) is 45.7 Å². The number of hydrogen-bond acceptors (Lipinski definition) is 4. The number of anilines is 1. The summed E-state index contributed by atoms with van der Waals surface area (Å²) in [5.41, 5.74) is 2.12. The largest absolute Gasteiger partial charge is 0.392 e. The molecule has 0 aliphatic rings. The van der Waals surface area contributed by atoms with E-state index in [4.69, 9.17) is 0 Å². The predicted molar refractivity (Wildman–Crippen MR) is 91.8 cm³/mol. The molecule has 2 aromatic heterocycles. The molecule has 0 saturated heterocycles. The Kier molecular flexibility index (Phi) is 4.24. The van der Waals surface area contributed by atoms with Crippen molar-refractivity contribution in [3.05, 3.63) is 56.8 Å². The van der Waals surface area contributed by atoms with Gasteiger partial charge in [0.25, 0.3) is 0 Å². The van der Waals surface area contributed by atoms with E-state index in [1.165, 1.54) is 5.56 Å². The summed E-state index contributed by atoms with van der Waals surface area (Å²) >= 11 is 5.18. The Balaban J connectivity index is 2.00. The van der Waals surface area contributed by atoms with Crippen molar-refractivity contribution in [2.24, 2.45) is 0 Å². The van der Waals surface area contributed by atoms with E-state index in [1.54, 1.807) is 17.5 Å². The molecule has 0 fully saturated rings.